The number of carbonyl (C=O) groups is 3. The highest BCUT2D eigenvalue weighted by Gasteiger charge is 2.27. The number of benzene rings is 1. The van der Waals surface area contributed by atoms with E-state index < -0.39 is 0 Å². The van der Waals surface area contributed by atoms with Gasteiger partial charge in [0.05, 0.1) is 0 Å². The van der Waals surface area contributed by atoms with Gasteiger partial charge >= 0.3 is 0 Å². The monoisotopic (exact) mass is 543 g/mol. The van der Waals surface area contributed by atoms with Crippen LogP contribution in [0, 0.1) is 20.8 Å². The standard InChI is InChI=1S/C31H37N5O4/c1-18-12-19(2)34-31(40)28(18)16-33-30(39)27-13-23(22-6-7-25(17-37)32-15-22)14-29(20(27)3)36(5)26-10-8-24(9-11-26)35-21(4)38/h6-7,12-15,17,24,26H,8-11,16H2,1-5H3,(H,33,39)(H,34,40)(H,35,38)/t24-,26-. The Morgan fingerprint density at radius 2 is 1.80 bits per heavy atom. The number of anilines is 1. The second kappa shape index (κ2) is 12.3. The zero-order valence-corrected chi connectivity index (χ0v) is 23.8. The number of aromatic nitrogens is 2. The van der Waals surface area contributed by atoms with Gasteiger partial charge in [-0.3, -0.25) is 24.2 Å². The summed E-state index contributed by atoms with van der Waals surface area (Å²) >= 11 is 0. The molecular weight excluding hydrogens is 506 g/mol. The lowest BCUT2D eigenvalue weighted by Gasteiger charge is -2.37. The van der Waals surface area contributed by atoms with Crippen LogP contribution in [0.15, 0.2) is 41.3 Å². The highest BCUT2D eigenvalue weighted by atomic mass is 16.2. The fraction of sp³-hybridized carbons (Fsp3) is 0.387. The average molecular weight is 544 g/mol. The number of amides is 2. The van der Waals surface area contributed by atoms with Gasteiger partial charge in [-0.15, -0.1) is 0 Å². The maximum absolute atomic E-state index is 13.6. The molecule has 0 saturated heterocycles. The molecule has 0 unspecified atom stereocenters. The van der Waals surface area contributed by atoms with Gasteiger partial charge in [-0.05, 0) is 87.4 Å². The van der Waals surface area contributed by atoms with Crippen molar-refractivity contribution in [1.82, 2.24) is 20.6 Å². The summed E-state index contributed by atoms with van der Waals surface area (Å²) in [4.78, 5) is 57.9. The molecule has 1 aliphatic carbocycles. The molecule has 0 atom stereocenters. The van der Waals surface area contributed by atoms with Crippen LogP contribution in [-0.4, -0.2) is 47.2 Å². The topological polar surface area (TPSA) is 124 Å². The van der Waals surface area contributed by atoms with Gasteiger partial charge in [0.1, 0.15) is 5.69 Å². The third-order valence-electron chi connectivity index (χ3n) is 7.82. The number of pyridine rings is 2. The van der Waals surface area contributed by atoms with Crippen molar-refractivity contribution in [2.45, 2.75) is 72.0 Å². The number of nitrogens with one attached hydrogen (secondary N) is 3. The van der Waals surface area contributed by atoms with Crippen molar-refractivity contribution in [1.29, 1.82) is 0 Å². The quantitative estimate of drug-likeness (QED) is 0.369. The Kier molecular flexibility index (Phi) is 8.82. The molecule has 0 bridgehead atoms. The van der Waals surface area contributed by atoms with E-state index in [1.165, 1.54) is 0 Å². The van der Waals surface area contributed by atoms with Crippen LogP contribution >= 0.6 is 0 Å². The molecular formula is C31H37N5O4. The Hall–Kier alpha value is -4.27. The van der Waals surface area contributed by atoms with Gasteiger partial charge in [-0.25, -0.2) is 0 Å². The molecule has 3 N–H and O–H groups in total. The molecule has 1 aliphatic rings. The molecule has 3 aromatic rings. The Labute approximate surface area is 234 Å². The van der Waals surface area contributed by atoms with Crippen molar-refractivity contribution in [3.8, 4) is 11.1 Å². The Balaban J connectivity index is 1.66. The van der Waals surface area contributed by atoms with Crippen molar-refractivity contribution in [3.05, 3.63) is 80.5 Å². The summed E-state index contributed by atoms with van der Waals surface area (Å²) < 4.78 is 0. The van der Waals surface area contributed by atoms with Gasteiger partial charge in [0.15, 0.2) is 6.29 Å². The van der Waals surface area contributed by atoms with Crippen molar-refractivity contribution in [2.24, 2.45) is 0 Å². The lowest BCUT2D eigenvalue weighted by molar-refractivity contribution is -0.119. The smallest absolute Gasteiger partial charge is 0.253 e. The van der Waals surface area contributed by atoms with E-state index in [-0.39, 0.29) is 36.0 Å². The van der Waals surface area contributed by atoms with Gasteiger partial charge in [0.2, 0.25) is 5.91 Å². The minimum Gasteiger partial charge on any atom is -0.371 e. The summed E-state index contributed by atoms with van der Waals surface area (Å²) in [5.41, 5.74) is 6.10. The minimum atomic E-state index is -0.278. The van der Waals surface area contributed by atoms with Crippen LogP contribution in [0.25, 0.3) is 11.1 Å². The minimum absolute atomic E-state index is 0.00645. The summed E-state index contributed by atoms with van der Waals surface area (Å²) in [6.07, 6.45) is 5.94. The number of hydrogen-bond acceptors (Lipinski definition) is 6. The van der Waals surface area contributed by atoms with Gasteiger partial charge < -0.3 is 20.5 Å². The number of carbonyl (C=O) groups excluding carboxylic acids is 3. The maximum Gasteiger partial charge on any atom is 0.253 e. The van der Waals surface area contributed by atoms with Gasteiger partial charge in [-0.1, -0.05) is 6.07 Å². The van der Waals surface area contributed by atoms with E-state index in [2.05, 4.69) is 31.6 Å². The normalized spacial score (nSPS) is 16.7. The van der Waals surface area contributed by atoms with Crippen LogP contribution in [0.1, 0.15) is 75.8 Å². The second-order valence-corrected chi connectivity index (χ2v) is 10.7. The summed E-state index contributed by atoms with van der Waals surface area (Å²) in [6, 6.07) is 9.68. The second-order valence-electron chi connectivity index (χ2n) is 10.7. The number of aromatic amines is 1. The largest absolute Gasteiger partial charge is 0.371 e. The highest BCUT2D eigenvalue weighted by Crippen LogP contribution is 2.34. The summed E-state index contributed by atoms with van der Waals surface area (Å²) in [7, 11) is 2.04. The third-order valence-corrected chi connectivity index (χ3v) is 7.82. The first-order chi connectivity index (χ1) is 19.1. The first-order valence-electron chi connectivity index (χ1n) is 13.6. The van der Waals surface area contributed by atoms with Gasteiger partial charge in [0.25, 0.3) is 11.5 Å². The van der Waals surface area contributed by atoms with E-state index in [0.29, 0.717) is 23.1 Å². The van der Waals surface area contributed by atoms with E-state index in [1.54, 1.807) is 19.2 Å². The SMILES string of the molecule is CC(=O)N[C@H]1CC[C@H](N(C)c2cc(-c3ccc(C=O)nc3)cc(C(=O)NCc3c(C)cc(C)[nH]c3=O)c2C)CC1. The molecule has 1 aromatic carbocycles. The van der Waals surface area contributed by atoms with Crippen molar-refractivity contribution in [3.63, 3.8) is 0 Å². The molecule has 0 aliphatic heterocycles. The number of aldehydes is 1. The molecule has 2 amide bonds. The molecule has 1 saturated carbocycles. The van der Waals surface area contributed by atoms with Crippen LogP contribution in [0.5, 0.6) is 0 Å². The highest BCUT2D eigenvalue weighted by molar-refractivity contribution is 5.99. The van der Waals surface area contributed by atoms with Crippen LogP contribution < -0.4 is 21.1 Å². The summed E-state index contributed by atoms with van der Waals surface area (Å²) in [5.74, 6) is -0.284. The van der Waals surface area contributed by atoms with Crippen molar-refractivity contribution < 1.29 is 14.4 Å². The Bertz CT molecular complexity index is 1470. The lowest BCUT2D eigenvalue weighted by atomic mass is 9.89. The molecule has 0 spiro atoms. The van der Waals surface area contributed by atoms with E-state index in [1.807, 2.05) is 46.0 Å². The van der Waals surface area contributed by atoms with Crippen LogP contribution in [0.4, 0.5) is 5.69 Å². The number of H-pyrrole nitrogens is 1. The fourth-order valence-corrected chi connectivity index (χ4v) is 5.57. The Morgan fingerprint density at radius 3 is 2.40 bits per heavy atom. The molecule has 9 nitrogen and oxygen atoms in total. The number of aryl methyl sites for hydroxylation is 2. The number of rotatable bonds is 8. The first kappa shape index (κ1) is 28.7. The molecule has 0 radical (unpaired) electrons. The molecule has 4 rings (SSSR count). The first-order valence-corrected chi connectivity index (χ1v) is 13.6. The Morgan fingerprint density at radius 1 is 1.07 bits per heavy atom. The van der Waals surface area contributed by atoms with E-state index in [4.69, 9.17) is 0 Å². The predicted octanol–water partition coefficient (Wildman–Crippen LogP) is 3.99. The van der Waals surface area contributed by atoms with E-state index in [0.717, 1.165) is 59.3 Å². The maximum atomic E-state index is 13.6. The molecule has 2 aromatic heterocycles. The number of hydrogen-bond donors (Lipinski definition) is 3. The lowest BCUT2D eigenvalue weighted by Crippen LogP contribution is -2.42. The summed E-state index contributed by atoms with van der Waals surface area (Å²) in [5, 5.41) is 5.97. The van der Waals surface area contributed by atoms with Crippen LogP contribution in [0.2, 0.25) is 0 Å². The summed E-state index contributed by atoms with van der Waals surface area (Å²) in [6.45, 7) is 7.28. The zero-order chi connectivity index (χ0) is 29.0. The van der Waals surface area contributed by atoms with E-state index >= 15 is 0 Å². The molecule has 1 fully saturated rings. The van der Waals surface area contributed by atoms with Gasteiger partial charge in [0, 0.05) is 66.9 Å². The van der Waals surface area contributed by atoms with E-state index in [9.17, 15) is 19.2 Å². The third kappa shape index (κ3) is 6.47. The molecule has 2 heterocycles. The van der Waals surface area contributed by atoms with Gasteiger partial charge in [-0.2, -0.15) is 0 Å². The fourth-order valence-electron chi connectivity index (χ4n) is 5.57. The average Bonchev–Trinajstić information content (AvgIpc) is 2.92. The van der Waals surface area contributed by atoms with Crippen LogP contribution in [0.3, 0.4) is 0 Å². The van der Waals surface area contributed by atoms with Crippen molar-refractivity contribution >= 4 is 23.8 Å². The number of nitrogens with zero attached hydrogens (tertiary/aromatic N) is 2. The molecule has 210 valence electrons. The van der Waals surface area contributed by atoms with Crippen LogP contribution in [-0.2, 0) is 11.3 Å². The molecule has 9 heteroatoms. The predicted molar refractivity (Wildman–Crippen MR) is 156 cm³/mol. The zero-order valence-electron chi connectivity index (χ0n) is 23.8. The molecule has 40 heavy (non-hydrogen) atoms. The van der Waals surface area contributed by atoms with Crippen molar-refractivity contribution in [2.75, 3.05) is 11.9 Å².